The van der Waals surface area contributed by atoms with Gasteiger partial charge in [0.25, 0.3) is 0 Å². The number of carbonyl (C=O) groups excluding carboxylic acids is 1. The van der Waals surface area contributed by atoms with Crippen LogP contribution in [0.2, 0.25) is 5.02 Å². The highest BCUT2D eigenvalue weighted by molar-refractivity contribution is 8.02. The van der Waals surface area contributed by atoms with Crippen LogP contribution in [0.25, 0.3) is 0 Å². The topological polar surface area (TPSA) is 26.3 Å². The fourth-order valence-electron chi connectivity index (χ4n) is 0.879. The molecule has 0 aromatic heterocycles. The largest absolute Gasteiger partial charge is 0.466 e. The van der Waals surface area contributed by atoms with E-state index in [0.717, 1.165) is 4.90 Å². The van der Waals surface area contributed by atoms with E-state index in [4.69, 9.17) is 11.6 Å². The minimum Gasteiger partial charge on any atom is -0.466 e. The summed E-state index contributed by atoms with van der Waals surface area (Å²) in [6.45, 7) is 1.72. The second-order valence-corrected chi connectivity index (χ2v) is 4.24. The van der Waals surface area contributed by atoms with Gasteiger partial charge in [0.1, 0.15) is 0 Å². The van der Waals surface area contributed by atoms with Crippen molar-refractivity contribution in [2.45, 2.75) is 11.8 Å². The third kappa shape index (κ3) is 3.98. The van der Waals surface area contributed by atoms with Crippen molar-refractivity contribution in [3.05, 3.63) is 40.3 Å². The van der Waals surface area contributed by atoms with E-state index >= 15 is 0 Å². The van der Waals surface area contributed by atoms with Crippen LogP contribution >= 0.6 is 23.4 Å². The Morgan fingerprint density at radius 3 is 2.53 bits per heavy atom. The van der Waals surface area contributed by atoms with Gasteiger partial charge in [0.2, 0.25) is 0 Å². The Balaban J connectivity index is 2.63. The van der Waals surface area contributed by atoms with Crippen LogP contribution in [0.3, 0.4) is 0 Å². The first-order valence-corrected chi connectivity index (χ1v) is 5.56. The van der Waals surface area contributed by atoms with E-state index in [1.807, 2.05) is 24.3 Å². The van der Waals surface area contributed by atoms with Crippen LogP contribution in [-0.4, -0.2) is 13.1 Å². The van der Waals surface area contributed by atoms with E-state index in [2.05, 4.69) is 4.74 Å². The normalized spacial score (nSPS) is 11.3. The molecule has 0 unspecified atom stereocenters. The van der Waals surface area contributed by atoms with Crippen molar-refractivity contribution in [1.82, 2.24) is 0 Å². The first-order chi connectivity index (χ1) is 7.13. The van der Waals surface area contributed by atoms with E-state index in [1.165, 1.54) is 18.9 Å². The van der Waals surface area contributed by atoms with Crippen LogP contribution in [0.1, 0.15) is 6.92 Å². The Morgan fingerprint density at radius 1 is 1.40 bits per heavy atom. The van der Waals surface area contributed by atoms with Crippen molar-refractivity contribution in [3.63, 3.8) is 0 Å². The Morgan fingerprint density at radius 2 is 2.00 bits per heavy atom. The predicted molar refractivity (Wildman–Crippen MR) is 63.1 cm³/mol. The summed E-state index contributed by atoms with van der Waals surface area (Å²) in [5, 5.41) is 2.46. The van der Waals surface area contributed by atoms with Gasteiger partial charge in [-0.15, -0.1) is 0 Å². The van der Waals surface area contributed by atoms with Gasteiger partial charge >= 0.3 is 5.97 Å². The monoisotopic (exact) mass is 242 g/mol. The summed E-state index contributed by atoms with van der Waals surface area (Å²) in [6.07, 6.45) is 0. The molecule has 80 valence electrons. The fourth-order valence-corrected chi connectivity index (χ4v) is 1.71. The van der Waals surface area contributed by atoms with Gasteiger partial charge in [-0.3, -0.25) is 0 Å². The lowest BCUT2D eigenvalue weighted by Gasteiger charge is -1.99. The molecule has 1 rings (SSSR count). The number of halogens is 1. The summed E-state index contributed by atoms with van der Waals surface area (Å²) in [7, 11) is 1.37. The second-order valence-electron chi connectivity index (χ2n) is 2.86. The first-order valence-electron chi connectivity index (χ1n) is 4.31. The van der Waals surface area contributed by atoms with Gasteiger partial charge in [0, 0.05) is 15.5 Å². The average molecular weight is 243 g/mol. The highest BCUT2D eigenvalue weighted by Crippen LogP contribution is 2.22. The number of hydrogen-bond donors (Lipinski definition) is 0. The molecule has 0 amide bonds. The zero-order chi connectivity index (χ0) is 11.3. The number of ether oxygens (including phenoxy) is 1. The zero-order valence-corrected chi connectivity index (χ0v) is 10.1. The van der Waals surface area contributed by atoms with E-state index in [1.54, 1.807) is 12.3 Å². The molecule has 0 bridgehead atoms. The number of carbonyl (C=O) groups is 1. The Bertz CT molecular complexity index is 371. The number of hydrogen-bond acceptors (Lipinski definition) is 3. The first kappa shape index (κ1) is 12.1. The van der Waals surface area contributed by atoms with Crippen molar-refractivity contribution in [1.29, 1.82) is 0 Å². The molecule has 1 aromatic rings. The molecule has 0 saturated heterocycles. The summed E-state index contributed by atoms with van der Waals surface area (Å²) >= 11 is 7.21. The molecule has 0 saturated carbocycles. The zero-order valence-electron chi connectivity index (χ0n) is 8.49. The molecule has 15 heavy (non-hydrogen) atoms. The van der Waals surface area contributed by atoms with Crippen molar-refractivity contribution in [2.75, 3.05) is 7.11 Å². The molecule has 0 aliphatic carbocycles. The highest BCUT2D eigenvalue weighted by Gasteiger charge is 2.02. The lowest BCUT2D eigenvalue weighted by atomic mass is 10.4. The SMILES string of the molecule is COC(=O)C(C)=CSc1ccc(Cl)cc1. The van der Waals surface area contributed by atoms with Gasteiger partial charge in [-0.25, -0.2) is 4.79 Å². The van der Waals surface area contributed by atoms with E-state index in [-0.39, 0.29) is 5.97 Å². The van der Waals surface area contributed by atoms with Crippen LogP contribution in [0, 0.1) is 0 Å². The van der Waals surface area contributed by atoms with Crippen LogP contribution in [0.4, 0.5) is 0 Å². The minimum atomic E-state index is -0.309. The number of benzene rings is 1. The third-order valence-electron chi connectivity index (χ3n) is 1.69. The molecule has 2 nitrogen and oxygen atoms in total. The minimum absolute atomic E-state index is 0.309. The maximum atomic E-state index is 11.1. The summed E-state index contributed by atoms with van der Waals surface area (Å²) in [4.78, 5) is 12.1. The molecular formula is C11H11ClO2S. The average Bonchev–Trinajstić information content (AvgIpc) is 2.26. The van der Waals surface area contributed by atoms with E-state index in [0.29, 0.717) is 10.6 Å². The smallest absolute Gasteiger partial charge is 0.333 e. The molecule has 0 N–H and O–H groups in total. The summed E-state index contributed by atoms with van der Waals surface area (Å²) in [5.41, 5.74) is 0.581. The fraction of sp³-hybridized carbons (Fsp3) is 0.182. The second kappa shape index (κ2) is 5.83. The van der Waals surface area contributed by atoms with E-state index in [9.17, 15) is 4.79 Å². The van der Waals surface area contributed by atoms with Crippen LogP contribution < -0.4 is 0 Å². The van der Waals surface area contributed by atoms with Crippen LogP contribution in [-0.2, 0) is 9.53 Å². The lowest BCUT2D eigenvalue weighted by molar-refractivity contribution is -0.136. The van der Waals surface area contributed by atoms with Crippen molar-refractivity contribution < 1.29 is 9.53 Å². The Hall–Kier alpha value is -0.930. The summed E-state index contributed by atoms with van der Waals surface area (Å²) in [6, 6.07) is 7.42. The maximum Gasteiger partial charge on any atom is 0.333 e. The molecular weight excluding hydrogens is 232 g/mol. The Kier molecular flexibility index (Phi) is 4.72. The number of esters is 1. The molecule has 0 radical (unpaired) electrons. The molecule has 0 heterocycles. The lowest BCUT2D eigenvalue weighted by Crippen LogP contribution is -2.00. The predicted octanol–water partition coefficient (Wildman–Crippen LogP) is 3.51. The number of thioether (sulfide) groups is 1. The van der Waals surface area contributed by atoms with Gasteiger partial charge in [0.15, 0.2) is 0 Å². The molecule has 4 heteroatoms. The molecule has 0 aliphatic heterocycles. The van der Waals surface area contributed by atoms with Crippen LogP contribution in [0.5, 0.6) is 0 Å². The highest BCUT2D eigenvalue weighted by atomic mass is 35.5. The summed E-state index contributed by atoms with van der Waals surface area (Å²) < 4.78 is 4.58. The Labute approximate surface area is 98.3 Å². The van der Waals surface area contributed by atoms with E-state index < -0.39 is 0 Å². The van der Waals surface area contributed by atoms with Crippen LogP contribution in [0.15, 0.2) is 40.1 Å². The van der Waals surface area contributed by atoms with Crippen molar-refractivity contribution >= 4 is 29.3 Å². The van der Waals surface area contributed by atoms with Gasteiger partial charge in [-0.2, -0.15) is 0 Å². The van der Waals surface area contributed by atoms with Gasteiger partial charge < -0.3 is 4.74 Å². The molecule has 0 fully saturated rings. The van der Waals surface area contributed by atoms with Crippen molar-refractivity contribution in [3.8, 4) is 0 Å². The quantitative estimate of drug-likeness (QED) is 0.461. The molecule has 0 aliphatic rings. The van der Waals surface area contributed by atoms with Gasteiger partial charge in [0.05, 0.1) is 7.11 Å². The van der Waals surface area contributed by atoms with Gasteiger partial charge in [-0.05, 0) is 36.6 Å². The van der Waals surface area contributed by atoms with Crippen molar-refractivity contribution in [2.24, 2.45) is 0 Å². The third-order valence-corrected chi connectivity index (χ3v) is 2.96. The molecule has 0 atom stereocenters. The number of methoxy groups -OCH3 is 1. The van der Waals surface area contributed by atoms with Gasteiger partial charge in [-0.1, -0.05) is 23.4 Å². The maximum absolute atomic E-state index is 11.1. The molecule has 0 spiro atoms. The molecule has 1 aromatic carbocycles. The summed E-state index contributed by atoms with van der Waals surface area (Å²) in [5.74, 6) is -0.309. The number of rotatable bonds is 3. The standard InChI is InChI=1S/C11H11ClO2S/c1-8(11(13)14-2)7-15-10-5-3-9(12)4-6-10/h3-7H,1-2H3.